The Morgan fingerprint density at radius 3 is 2.39 bits per heavy atom. The van der Waals surface area contributed by atoms with E-state index in [2.05, 4.69) is 14.9 Å². The molecule has 5 rings (SSSR count). The van der Waals surface area contributed by atoms with Crippen molar-refractivity contribution in [3.8, 4) is 22.6 Å². The maximum atomic E-state index is 12.4. The highest BCUT2D eigenvalue weighted by Gasteiger charge is 2.20. The highest BCUT2D eigenvalue weighted by atomic mass is 32.2. The van der Waals surface area contributed by atoms with E-state index in [-0.39, 0.29) is 11.3 Å². The van der Waals surface area contributed by atoms with Gasteiger partial charge in [0.15, 0.2) is 5.65 Å². The lowest BCUT2D eigenvalue weighted by Gasteiger charge is -2.09. The van der Waals surface area contributed by atoms with Gasteiger partial charge in [0.25, 0.3) is 10.0 Å². The van der Waals surface area contributed by atoms with Gasteiger partial charge in [-0.05, 0) is 51.3 Å². The van der Waals surface area contributed by atoms with Crippen LogP contribution >= 0.6 is 0 Å². The lowest BCUT2D eigenvalue weighted by Crippen LogP contribution is -2.30. The molecule has 5 aromatic rings. The average Bonchev–Trinajstić information content (AvgIpc) is 3.53. The van der Waals surface area contributed by atoms with Crippen LogP contribution in [0.3, 0.4) is 0 Å². The molecule has 0 radical (unpaired) electrons. The van der Waals surface area contributed by atoms with Crippen molar-refractivity contribution in [2.45, 2.75) is 44.9 Å². The van der Waals surface area contributed by atoms with E-state index in [1.54, 1.807) is 18.2 Å². The van der Waals surface area contributed by atoms with E-state index in [0.717, 1.165) is 39.4 Å². The maximum absolute atomic E-state index is 12.4. The van der Waals surface area contributed by atoms with Crippen molar-refractivity contribution in [3.05, 3.63) is 89.6 Å². The van der Waals surface area contributed by atoms with Gasteiger partial charge in [-0.3, -0.25) is 14.2 Å². The van der Waals surface area contributed by atoms with E-state index in [1.807, 2.05) is 55.6 Å². The van der Waals surface area contributed by atoms with Gasteiger partial charge in [-0.15, -0.1) is 0 Å². The molecule has 3 aromatic heterocycles. The van der Waals surface area contributed by atoms with Crippen molar-refractivity contribution in [1.29, 1.82) is 0 Å². The van der Waals surface area contributed by atoms with Gasteiger partial charge in [0.2, 0.25) is 5.91 Å². The Balaban J connectivity index is 1.29. The molecule has 1 N–H and O–H groups in total. The fourth-order valence-corrected chi connectivity index (χ4v) is 5.41. The Morgan fingerprint density at radius 2 is 1.71 bits per heavy atom. The first-order valence-corrected chi connectivity index (χ1v) is 13.7. The number of nitrogens with one attached hydrogen (secondary N) is 1. The number of rotatable bonds is 8. The van der Waals surface area contributed by atoms with Crippen LogP contribution in [0.1, 0.15) is 35.4 Å². The van der Waals surface area contributed by atoms with E-state index < -0.39 is 15.9 Å². The SMILES string of the molecule is Cc1ccc(S(=O)(=O)NC(=O)CCCc2ccc(-c3c(-c4ccon4)nc4c(C)nc(C)cn34)cc2)cc1. The summed E-state index contributed by atoms with van der Waals surface area (Å²) in [4.78, 5) is 21.7. The van der Waals surface area contributed by atoms with E-state index in [9.17, 15) is 13.2 Å². The van der Waals surface area contributed by atoms with Gasteiger partial charge in [-0.1, -0.05) is 47.1 Å². The van der Waals surface area contributed by atoms with Crippen molar-refractivity contribution in [1.82, 2.24) is 24.2 Å². The third-order valence-electron chi connectivity index (χ3n) is 6.25. The van der Waals surface area contributed by atoms with E-state index in [1.165, 1.54) is 18.4 Å². The number of fused-ring (bicyclic) bond motifs is 1. The van der Waals surface area contributed by atoms with Crippen LogP contribution in [0, 0.1) is 20.8 Å². The molecule has 0 bridgehead atoms. The van der Waals surface area contributed by atoms with Crippen LogP contribution in [0.25, 0.3) is 28.3 Å². The van der Waals surface area contributed by atoms with Crippen molar-refractivity contribution in [3.63, 3.8) is 0 Å². The van der Waals surface area contributed by atoms with Crippen LogP contribution in [0.4, 0.5) is 0 Å². The molecule has 3 heterocycles. The topological polar surface area (TPSA) is 119 Å². The molecule has 194 valence electrons. The minimum absolute atomic E-state index is 0.0746. The predicted molar refractivity (Wildman–Crippen MR) is 143 cm³/mol. The molecule has 0 unspecified atom stereocenters. The number of amides is 1. The number of imidazole rings is 1. The van der Waals surface area contributed by atoms with E-state index >= 15 is 0 Å². The molecule has 0 spiro atoms. The largest absolute Gasteiger partial charge is 0.364 e. The summed E-state index contributed by atoms with van der Waals surface area (Å²) >= 11 is 0. The van der Waals surface area contributed by atoms with Crippen molar-refractivity contribution in [2.24, 2.45) is 0 Å². The number of hydrogen-bond acceptors (Lipinski definition) is 7. The fourth-order valence-electron chi connectivity index (χ4n) is 4.39. The van der Waals surface area contributed by atoms with Gasteiger partial charge in [-0.2, -0.15) is 0 Å². The monoisotopic (exact) mass is 529 g/mol. The molecule has 1 amide bonds. The minimum atomic E-state index is -3.87. The number of benzene rings is 2. The molecular weight excluding hydrogens is 502 g/mol. The highest BCUT2D eigenvalue weighted by Crippen LogP contribution is 2.33. The second-order valence-corrected chi connectivity index (χ2v) is 10.9. The lowest BCUT2D eigenvalue weighted by atomic mass is 10.0. The minimum Gasteiger partial charge on any atom is -0.364 e. The van der Waals surface area contributed by atoms with Crippen LogP contribution in [0.5, 0.6) is 0 Å². The van der Waals surface area contributed by atoms with E-state index in [4.69, 9.17) is 9.51 Å². The zero-order valence-electron chi connectivity index (χ0n) is 21.3. The molecule has 0 fully saturated rings. The number of hydrogen-bond donors (Lipinski definition) is 1. The third kappa shape index (κ3) is 5.21. The molecule has 0 aliphatic heterocycles. The van der Waals surface area contributed by atoms with Crippen LogP contribution in [-0.2, 0) is 21.2 Å². The van der Waals surface area contributed by atoms with Gasteiger partial charge in [0, 0.05) is 24.2 Å². The maximum Gasteiger partial charge on any atom is 0.264 e. The van der Waals surface area contributed by atoms with Crippen molar-refractivity contribution < 1.29 is 17.7 Å². The molecular formula is C28H27N5O4S. The van der Waals surface area contributed by atoms with Gasteiger partial charge in [0.05, 0.1) is 22.0 Å². The fraction of sp³-hybridized carbons (Fsp3) is 0.214. The number of carbonyl (C=O) groups is 1. The van der Waals surface area contributed by atoms with Gasteiger partial charge in [-0.25, -0.2) is 18.1 Å². The molecule has 0 aliphatic carbocycles. The summed E-state index contributed by atoms with van der Waals surface area (Å²) in [6.07, 6.45) is 4.71. The first kappa shape index (κ1) is 25.3. The molecule has 0 saturated heterocycles. The zero-order valence-corrected chi connectivity index (χ0v) is 22.1. The van der Waals surface area contributed by atoms with Gasteiger partial charge >= 0.3 is 0 Å². The quantitative estimate of drug-likeness (QED) is 0.306. The number of nitrogens with zero attached hydrogens (tertiary/aromatic N) is 4. The highest BCUT2D eigenvalue weighted by molar-refractivity contribution is 7.90. The van der Waals surface area contributed by atoms with Gasteiger partial charge in [0.1, 0.15) is 17.7 Å². The van der Waals surface area contributed by atoms with Crippen LogP contribution in [0.2, 0.25) is 0 Å². The first-order valence-electron chi connectivity index (χ1n) is 12.2. The molecule has 0 aliphatic rings. The Labute approximate surface area is 220 Å². The molecule has 9 nitrogen and oxygen atoms in total. The summed E-state index contributed by atoms with van der Waals surface area (Å²) in [5, 5.41) is 4.09. The van der Waals surface area contributed by atoms with Gasteiger partial charge < -0.3 is 4.52 Å². The Kier molecular flexibility index (Phi) is 6.81. The first-order chi connectivity index (χ1) is 18.2. The number of aromatic nitrogens is 4. The Bertz CT molecular complexity index is 1710. The molecule has 38 heavy (non-hydrogen) atoms. The second-order valence-electron chi connectivity index (χ2n) is 9.25. The number of sulfonamides is 1. The Hall–Kier alpha value is -4.31. The van der Waals surface area contributed by atoms with Crippen LogP contribution in [0.15, 0.2) is 76.5 Å². The summed E-state index contributed by atoms with van der Waals surface area (Å²) < 4.78 is 34.1. The van der Waals surface area contributed by atoms with Crippen molar-refractivity contribution >= 4 is 21.6 Å². The standard InChI is InChI=1S/C28H27N5O4S/c1-18-7-13-23(14-8-18)38(35,36)32-25(34)6-4-5-21-9-11-22(12-10-21)27-26(24-15-16-37-31-24)30-28-20(3)29-19(2)17-33(27)28/h7-17H,4-6H2,1-3H3,(H,32,34). The molecule has 10 heteroatoms. The molecule has 0 atom stereocenters. The third-order valence-corrected chi connectivity index (χ3v) is 7.64. The molecule has 2 aromatic carbocycles. The van der Waals surface area contributed by atoms with Crippen LogP contribution in [-0.4, -0.2) is 33.9 Å². The zero-order chi connectivity index (χ0) is 26.9. The van der Waals surface area contributed by atoms with Crippen molar-refractivity contribution in [2.75, 3.05) is 0 Å². The summed E-state index contributed by atoms with van der Waals surface area (Å²) in [7, 11) is -3.87. The summed E-state index contributed by atoms with van der Waals surface area (Å²) in [5.41, 5.74) is 7.60. The number of carbonyl (C=O) groups excluding carboxylic acids is 1. The lowest BCUT2D eigenvalue weighted by molar-refractivity contribution is -0.119. The Morgan fingerprint density at radius 1 is 0.974 bits per heavy atom. The smallest absolute Gasteiger partial charge is 0.264 e. The average molecular weight is 530 g/mol. The summed E-state index contributed by atoms with van der Waals surface area (Å²) in [6, 6.07) is 16.2. The normalized spacial score (nSPS) is 11.7. The molecule has 0 saturated carbocycles. The number of aryl methyl sites for hydroxylation is 4. The summed E-state index contributed by atoms with van der Waals surface area (Å²) in [5.74, 6) is -0.524. The van der Waals surface area contributed by atoms with Crippen LogP contribution < -0.4 is 4.72 Å². The predicted octanol–water partition coefficient (Wildman–Crippen LogP) is 4.80. The second kappa shape index (κ2) is 10.2. The summed E-state index contributed by atoms with van der Waals surface area (Å²) in [6.45, 7) is 5.74. The van der Waals surface area contributed by atoms with E-state index in [0.29, 0.717) is 24.2 Å².